The van der Waals surface area contributed by atoms with E-state index in [4.69, 9.17) is 4.42 Å². The summed E-state index contributed by atoms with van der Waals surface area (Å²) in [6.07, 6.45) is 1.90. The van der Waals surface area contributed by atoms with Crippen molar-refractivity contribution < 1.29 is 4.42 Å². The van der Waals surface area contributed by atoms with Gasteiger partial charge in [-0.1, -0.05) is 30.3 Å². The van der Waals surface area contributed by atoms with Crippen molar-refractivity contribution in [1.29, 1.82) is 0 Å². The van der Waals surface area contributed by atoms with Gasteiger partial charge in [-0.2, -0.15) is 0 Å². The van der Waals surface area contributed by atoms with Crippen LogP contribution in [0.15, 0.2) is 63.8 Å². The summed E-state index contributed by atoms with van der Waals surface area (Å²) in [4.78, 5) is 12.1. The van der Waals surface area contributed by atoms with Gasteiger partial charge in [-0.3, -0.25) is 4.79 Å². The van der Waals surface area contributed by atoms with Crippen LogP contribution in [0.3, 0.4) is 0 Å². The zero-order valence-electron chi connectivity index (χ0n) is 11.5. The van der Waals surface area contributed by atoms with E-state index in [0.29, 0.717) is 16.7 Å². The molecule has 0 N–H and O–H groups in total. The third kappa shape index (κ3) is 3.08. The highest BCUT2D eigenvalue weighted by molar-refractivity contribution is 14.1. The van der Waals surface area contributed by atoms with Gasteiger partial charge in [-0.25, -0.2) is 0 Å². The van der Waals surface area contributed by atoms with Crippen LogP contribution in [0.1, 0.15) is 18.2 Å². The van der Waals surface area contributed by atoms with Crippen molar-refractivity contribution in [3.05, 3.63) is 79.7 Å². The lowest BCUT2D eigenvalue weighted by molar-refractivity contribution is 0.590. The van der Waals surface area contributed by atoms with Gasteiger partial charge in [0, 0.05) is 9.64 Å². The highest BCUT2D eigenvalue weighted by Gasteiger charge is 2.04. The van der Waals surface area contributed by atoms with Crippen molar-refractivity contribution in [3.63, 3.8) is 0 Å². The van der Waals surface area contributed by atoms with Crippen molar-refractivity contribution >= 4 is 45.2 Å². The van der Waals surface area contributed by atoms with E-state index in [0.717, 1.165) is 14.7 Å². The Bertz CT molecular complexity index is 877. The summed E-state index contributed by atoms with van der Waals surface area (Å²) in [6.45, 7) is 2.01. The van der Waals surface area contributed by atoms with E-state index in [1.54, 1.807) is 12.1 Å². The van der Waals surface area contributed by atoms with Crippen molar-refractivity contribution in [1.82, 2.24) is 0 Å². The topological polar surface area (TPSA) is 30.2 Å². The SMILES string of the molecule is C/C(=C\c1cc(=O)c2ccc(I)cc2o1)c1ccccc1. The quantitative estimate of drug-likeness (QED) is 0.581. The fraction of sp³-hybridized carbons (Fsp3) is 0.0556. The number of allylic oxidation sites excluding steroid dienone is 1. The molecule has 1 heterocycles. The number of benzene rings is 2. The Labute approximate surface area is 136 Å². The van der Waals surface area contributed by atoms with E-state index < -0.39 is 0 Å². The van der Waals surface area contributed by atoms with E-state index in [9.17, 15) is 4.79 Å². The first-order valence-electron chi connectivity index (χ1n) is 6.60. The smallest absolute Gasteiger partial charge is 0.193 e. The van der Waals surface area contributed by atoms with Gasteiger partial charge in [0.15, 0.2) is 5.43 Å². The summed E-state index contributed by atoms with van der Waals surface area (Å²) in [5, 5.41) is 0.616. The zero-order valence-corrected chi connectivity index (χ0v) is 13.6. The first kappa shape index (κ1) is 14.1. The van der Waals surface area contributed by atoms with Crippen molar-refractivity contribution in [2.24, 2.45) is 0 Å². The molecular weight excluding hydrogens is 375 g/mol. The Morgan fingerprint density at radius 2 is 1.86 bits per heavy atom. The summed E-state index contributed by atoms with van der Waals surface area (Å²) < 4.78 is 6.88. The molecule has 0 atom stereocenters. The highest BCUT2D eigenvalue weighted by atomic mass is 127. The molecule has 0 unspecified atom stereocenters. The van der Waals surface area contributed by atoms with Crippen LogP contribution in [0.25, 0.3) is 22.6 Å². The predicted octanol–water partition coefficient (Wildman–Crippen LogP) is 4.96. The Morgan fingerprint density at radius 3 is 2.62 bits per heavy atom. The lowest BCUT2D eigenvalue weighted by Crippen LogP contribution is -2.00. The van der Waals surface area contributed by atoms with Crippen molar-refractivity contribution in [3.8, 4) is 0 Å². The molecule has 0 saturated carbocycles. The molecule has 0 bridgehead atoms. The lowest BCUT2D eigenvalue weighted by atomic mass is 10.1. The molecule has 2 nitrogen and oxygen atoms in total. The van der Waals surface area contributed by atoms with Crippen LogP contribution >= 0.6 is 22.6 Å². The van der Waals surface area contributed by atoms with Crippen LogP contribution in [0.4, 0.5) is 0 Å². The van der Waals surface area contributed by atoms with Crippen LogP contribution < -0.4 is 5.43 Å². The van der Waals surface area contributed by atoms with Crippen LogP contribution in [0, 0.1) is 3.57 Å². The third-order valence-corrected chi connectivity index (χ3v) is 3.97. The van der Waals surface area contributed by atoms with Gasteiger partial charge in [0.05, 0.1) is 5.39 Å². The number of rotatable bonds is 2. The van der Waals surface area contributed by atoms with E-state index in [1.165, 1.54) is 0 Å². The minimum absolute atomic E-state index is 0.0141. The second kappa shape index (κ2) is 5.85. The molecule has 21 heavy (non-hydrogen) atoms. The number of halogens is 1. The first-order chi connectivity index (χ1) is 10.1. The molecule has 0 radical (unpaired) electrons. The summed E-state index contributed by atoms with van der Waals surface area (Å²) in [5.41, 5.74) is 2.79. The van der Waals surface area contributed by atoms with E-state index in [1.807, 2.05) is 55.5 Å². The van der Waals surface area contributed by atoms with Gasteiger partial charge in [-0.05, 0) is 64.9 Å². The Balaban J connectivity index is 2.11. The van der Waals surface area contributed by atoms with E-state index in [2.05, 4.69) is 22.6 Å². The molecule has 0 aliphatic carbocycles. The van der Waals surface area contributed by atoms with Crippen LogP contribution in [0.5, 0.6) is 0 Å². The Morgan fingerprint density at radius 1 is 1.10 bits per heavy atom. The molecule has 3 aromatic rings. The van der Waals surface area contributed by atoms with Gasteiger partial charge in [0.1, 0.15) is 11.3 Å². The molecule has 0 amide bonds. The second-order valence-electron chi connectivity index (χ2n) is 4.85. The molecule has 0 aliphatic rings. The predicted molar refractivity (Wildman–Crippen MR) is 95.2 cm³/mol. The Kier molecular flexibility index (Phi) is 3.92. The maximum absolute atomic E-state index is 12.1. The summed E-state index contributed by atoms with van der Waals surface area (Å²) in [6, 6.07) is 17.2. The normalized spacial score (nSPS) is 11.8. The third-order valence-electron chi connectivity index (χ3n) is 3.30. The summed E-state index contributed by atoms with van der Waals surface area (Å²) >= 11 is 2.21. The molecule has 0 aliphatic heterocycles. The maximum Gasteiger partial charge on any atom is 0.193 e. The highest BCUT2D eigenvalue weighted by Crippen LogP contribution is 2.20. The molecule has 1 aromatic heterocycles. The molecule has 0 saturated heterocycles. The fourth-order valence-electron chi connectivity index (χ4n) is 2.22. The van der Waals surface area contributed by atoms with Gasteiger partial charge in [0.2, 0.25) is 0 Å². The second-order valence-corrected chi connectivity index (χ2v) is 6.09. The molecule has 2 aromatic carbocycles. The number of hydrogen-bond acceptors (Lipinski definition) is 2. The molecule has 3 rings (SSSR count). The molecular formula is C18H13IO2. The standard InChI is InChI=1S/C18H13IO2/c1-12(13-5-3-2-4-6-13)9-15-11-17(20)16-8-7-14(19)10-18(16)21-15/h2-11H,1H3/b12-9+. The summed E-state index contributed by atoms with van der Waals surface area (Å²) in [7, 11) is 0. The molecule has 104 valence electrons. The molecule has 0 fully saturated rings. The lowest BCUT2D eigenvalue weighted by Gasteiger charge is -2.03. The van der Waals surface area contributed by atoms with Gasteiger partial charge < -0.3 is 4.42 Å². The number of hydrogen-bond donors (Lipinski definition) is 0. The zero-order chi connectivity index (χ0) is 14.8. The largest absolute Gasteiger partial charge is 0.456 e. The van der Waals surface area contributed by atoms with Gasteiger partial charge in [0.25, 0.3) is 0 Å². The monoisotopic (exact) mass is 388 g/mol. The van der Waals surface area contributed by atoms with Crippen molar-refractivity contribution in [2.45, 2.75) is 6.92 Å². The molecule has 3 heteroatoms. The van der Waals surface area contributed by atoms with Crippen LogP contribution in [-0.2, 0) is 0 Å². The summed E-state index contributed by atoms with van der Waals surface area (Å²) in [5.74, 6) is 0.579. The average molecular weight is 388 g/mol. The fourth-order valence-corrected chi connectivity index (χ4v) is 2.68. The molecule has 0 spiro atoms. The minimum atomic E-state index is -0.0141. The Hall–Kier alpha value is -1.88. The average Bonchev–Trinajstić information content (AvgIpc) is 2.47. The minimum Gasteiger partial charge on any atom is -0.456 e. The van der Waals surface area contributed by atoms with Crippen LogP contribution in [-0.4, -0.2) is 0 Å². The van der Waals surface area contributed by atoms with E-state index >= 15 is 0 Å². The maximum atomic E-state index is 12.1. The van der Waals surface area contributed by atoms with Crippen molar-refractivity contribution in [2.75, 3.05) is 0 Å². The first-order valence-corrected chi connectivity index (χ1v) is 7.68. The van der Waals surface area contributed by atoms with Crippen LogP contribution in [0.2, 0.25) is 0 Å². The number of fused-ring (bicyclic) bond motifs is 1. The van der Waals surface area contributed by atoms with Gasteiger partial charge >= 0.3 is 0 Å². The van der Waals surface area contributed by atoms with Gasteiger partial charge in [-0.15, -0.1) is 0 Å². The van der Waals surface area contributed by atoms with E-state index in [-0.39, 0.29) is 5.43 Å².